The second-order valence-electron chi connectivity index (χ2n) is 12.0. The van der Waals surface area contributed by atoms with Crippen LogP contribution in [0.15, 0.2) is 146 Å². The highest BCUT2D eigenvalue weighted by Gasteiger charge is 2.25. The Labute approximate surface area is 257 Å². The van der Waals surface area contributed by atoms with Gasteiger partial charge in [0, 0.05) is 33.2 Å². The minimum absolute atomic E-state index is 1.12. The van der Waals surface area contributed by atoms with Gasteiger partial charge in [-0.15, -0.1) is 0 Å². The van der Waals surface area contributed by atoms with Crippen LogP contribution in [0.4, 0.5) is 0 Å². The number of hydrogen-bond donors (Lipinski definition) is 0. The van der Waals surface area contributed by atoms with Gasteiger partial charge in [0.15, 0.2) is 0 Å². The third-order valence-corrected chi connectivity index (χ3v) is 9.53. The lowest BCUT2D eigenvalue weighted by Crippen LogP contribution is -2.06. The van der Waals surface area contributed by atoms with Gasteiger partial charge in [-0.25, -0.2) is 0 Å². The lowest BCUT2D eigenvalue weighted by atomic mass is 9.95. The predicted octanol–water partition coefficient (Wildman–Crippen LogP) is 10.9. The first-order chi connectivity index (χ1) is 21.8. The van der Waals surface area contributed by atoms with Gasteiger partial charge in [-0.05, 0) is 89.9 Å². The van der Waals surface area contributed by atoms with Gasteiger partial charge < -0.3 is 9.13 Å². The first-order valence-electron chi connectivity index (χ1n) is 15.8. The number of rotatable bonds is 4. The standard InChI is InChI=1S/C42H32N2/c1-3-11-29(12-4-1)31-19-23-33(24-20-31)43-39-18-10-8-16-37(39)41-40(43)28-27-36-35-15-7-9-17-38(35)44(42(36)41)34-25-21-32(22-26-34)30-13-5-2-6-14-30/h1-6,8,10-14,16,18-28H,7,9,15,17H2. The molecular formula is C42H32N2. The molecule has 0 N–H and O–H groups in total. The van der Waals surface area contributed by atoms with Gasteiger partial charge in [-0.1, -0.05) is 109 Å². The quantitative estimate of drug-likeness (QED) is 0.201. The minimum atomic E-state index is 1.12. The van der Waals surface area contributed by atoms with E-state index in [2.05, 4.69) is 155 Å². The highest BCUT2D eigenvalue weighted by atomic mass is 15.0. The van der Waals surface area contributed by atoms with Crippen molar-refractivity contribution in [3.8, 4) is 33.6 Å². The smallest absolute Gasteiger partial charge is 0.0634 e. The van der Waals surface area contributed by atoms with Gasteiger partial charge in [0.25, 0.3) is 0 Å². The molecule has 0 unspecified atom stereocenters. The molecule has 44 heavy (non-hydrogen) atoms. The van der Waals surface area contributed by atoms with Crippen LogP contribution in [0.25, 0.3) is 66.3 Å². The molecule has 0 aliphatic heterocycles. The number of nitrogens with zero attached hydrogens (tertiary/aromatic N) is 2. The summed E-state index contributed by atoms with van der Waals surface area (Å²) < 4.78 is 5.05. The zero-order valence-electron chi connectivity index (χ0n) is 24.6. The van der Waals surface area contributed by atoms with E-state index in [0.29, 0.717) is 0 Å². The minimum Gasteiger partial charge on any atom is -0.313 e. The van der Waals surface area contributed by atoms with Gasteiger partial charge in [-0.3, -0.25) is 0 Å². The third-order valence-electron chi connectivity index (χ3n) is 9.53. The third kappa shape index (κ3) is 3.88. The summed E-state index contributed by atoms with van der Waals surface area (Å²) in [7, 11) is 0. The predicted molar refractivity (Wildman–Crippen MR) is 185 cm³/mol. The van der Waals surface area contributed by atoms with Crippen molar-refractivity contribution in [2.75, 3.05) is 0 Å². The molecule has 0 saturated carbocycles. The van der Waals surface area contributed by atoms with E-state index in [-0.39, 0.29) is 0 Å². The summed E-state index contributed by atoms with van der Waals surface area (Å²) in [5, 5.41) is 4.05. The van der Waals surface area contributed by atoms with Crippen LogP contribution < -0.4 is 0 Å². The summed E-state index contributed by atoms with van der Waals surface area (Å²) in [4.78, 5) is 0. The van der Waals surface area contributed by atoms with Crippen LogP contribution in [-0.2, 0) is 12.8 Å². The SMILES string of the molecule is c1ccc(-c2ccc(-n3c4c(c5ccc6c(c7ccccc7n6-c6ccc(-c7ccccc7)cc6)c53)CCCC4)cc2)cc1. The van der Waals surface area contributed by atoms with Gasteiger partial charge in [-0.2, -0.15) is 0 Å². The Morgan fingerprint density at radius 2 is 0.932 bits per heavy atom. The van der Waals surface area contributed by atoms with Crippen LogP contribution in [0, 0.1) is 0 Å². The molecule has 2 nitrogen and oxygen atoms in total. The van der Waals surface area contributed by atoms with E-state index in [0.717, 1.165) is 12.8 Å². The average molecular weight is 565 g/mol. The van der Waals surface area contributed by atoms with Crippen molar-refractivity contribution >= 4 is 32.7 Å². The highest BCUT2D eigenvalue weighted by Crippen LogP contribution is 2.43. The zero-order valence-corrected chi connectivity index (χ0v) is 24.6. The van der Waals surface area contributed by atoms with Crippen LogP contribution in [0.5, 0.6) is 0 Å². The van der Waals surface area contributed by atoms with E-state index < -0.39 is 0 Å². The Morgan fingerprint density at radius 1 is 0.386 bits per heavy atom. The topological polar surface area (TPSA) is 9.86 Å². The fourth-order valence-electron chi connectivity index (χ4n) is 7.51. The summed E-state index contributed by atoms with van der Waals surface area (Å²) >= 11 is 0. The molecule has 2 heterocycles. The molecule has 0 atom stereocenters. The number of fused-ring (bicyclic) bond motifs is 7. The van der Waals surface area contributed by atoms with E-state index in [1.807, 2.05) is 0 Å². The Morgan fingerprint density at radius 3 is 1.59 bits per heavy atom. The van der Waals surface area contributed by atoms with Gasteiger partial charge in [0.05, 0.1) is 16.6 Å². The fourth-order valence-corrected chi connectivity index (χ4v) is 7.51. The first kappa shape index (κ1) is 25.2. The Bertz CT molecular complexity index is 2290. The summed E-state index contributed by atoms with van der Waals surface area (Å²) in [5.74, 6) is 0. The summed E-state index contributed by atoms with van der Waals surface area (Å²) in [6.45, 7) is 0. The van der Waals surface area contributed by atoms with Crippen molar-refractivity contribution in [1.29, 1.82) is 0 Å². The average Bonchev–Trinajstić information content (AvgIpc) is 3.62. The molecule has 0 bridgehead atoms. The number of hydrogen-bond acceptors (Lipinski definition) is 0. The zero-order chi connectivity index (χ0) is 29.0. The molecular weight excluding hydrogens is 532 g/mol. The van der Waals surface area contributed by atoms with Crippen LogP contribution in [0.1, 0.15) is 24.1 Å². The maximum Gasteiger partial charge on any atom is 0.0634 e. The van der Waals surface area contributed by atoms with E-state index in [1.54, 1.807) is 0 Å². The molecule has 0 fully saturated rings. The molecule has 0 saturated heterocycles. The van der Waals surface area contributed by atoms with Crippen LogP contribution >= 0.6 is 0 Å². The monoisotopic (exact) mass is 564 g/mol. The van der Waals surface area contributed by atoms with Crippen LogP contribution in [-0.4, -0.2) is 9.13 Å². The van der Waals surface area contributed by atoms with Crippen molar-refractivity contribution in [3.63, 3.8) is 0 Å². The maximum atomic E-state index is 2.59. The Balaban J connectivity index is 1.30. The number of aryl methyl sites for hydroxylation is 1. The molecule has 0 spiro atoms. The Hall–Kier alpha value is -5.34. The highest BCUT2D eigenvalue weighted by molar-refractivity contribution is 6.21. The van der Waals surface area contributed by atoms with Crippen molar-refractivity contribution in [2.45, 2.75) is 25.7 Å². The molecule has 0 amide bonds. The summed E-state index contributed by atoms with van der Waals surface area (Å²) in [6, 6.07) is 53.2. The molecule has 9 rings (SSSR count). The normalized spacial score (nSPS) is 13.1. The van der Waals surface area contributed by atoms with Gasteiger partial charge in [0.1, 0.15) is 0 Å². The molecule has 2 aromatic heterocycles. The molecule has 6 aromatic carbocycles. The van der Waals surface area contributed by atoms with E-state index in [4.69, 9.17) is 0 Å². The molecule has 8 aromatic rings. The number of benzene rings is 6. The molecule has 210 valence electrons. The molecule has 2 heteroatoms. The van der Waals surface area contributed by atoms with Crippen LogP contribution in [0.2, 0.25) is 0 Å². The summed E-state index contributed by atoms with van der Waals surface area (Å²) in [6.07, 6.45) is 4.76. The molecule has 1 aliphatic rings. The summed E-state index contributed by atoms with van der Waals surface area (Å²) in [5.41, 5.74) is 14.3. The van der Waals surface area contributed by atoms with E-state index in [1.165, 1.54) is 90.4 Å². The first-order valence-corrected chi connectivity index (χ1v) is 15.8. The van der Waals surface area contributed by atoms with Crippen molar-refractivity contribution < 1.29 is 0 Å². The maximum absolute atomic E-state index is 2.59. The van der Waals surface area contributed by atoms with Crippen molar-refractivity contribution in [3.05, 3.63) is 157 Å². The largest absolute Gasteiger partial charge is 0.313 e. The van der Waals surface area contributed by atoms with Crippen molar-refractivity contribution in [2.24, 2.45) is 0 Å². The van der Waals surface area contributed by atoms with E-state index >= 15 is 0 Å². The number of aromatic nitrogens is 2. The molecule has 1 aliphatic carbocycles. The second kappa shape index (κ2) is 10.1. The number of para-hydroxylation sites is 1. The lowest BCUT2D eigenvalue weighted by molar-refractivity contribution is 0.667. The fraction of sp³-hybridized carbons (Fsp3) is 0.0952. The van der Waals surface area contributed by atoms with Crippen molar-refractivity contribution in [1.82, 2.24) is 9.13 Å². The van der Waals surface area contributed by atoms with E-state index in [9.17, 15) is 0 Å². The molecule has 0 radical (unpaired) electrons. The second-order valence-corrected chi connectivity index (χ2v) is 12.0. The van der Waals surface area contributed by atoms with Gasteiger partial charge in [0.2, 0.25) is 0 Å². The van der Waals surface area contributed by atoms with Crippen LogP contribution in [0.3, 0.4) is 0 Å². The Kier molecular flexibility index (Phi) is 5.80. The lowest BCUT2D eigenvalue weighted by Gasteiger charge is -2.16. The van der Waals surface area contributed by atoms with Gasteiger partial charge >= 0.3 is 0 Å².